The predicted molar refractivity (Wildman–Crippen MR) is 69.3 cm³/mol. The van der Waals surface area contributed by atoms with Gasteiger partial charge in [-0.2, -0.15) is 13.2 Å². The highest BCUT2D eigenvalue weighted by molar-refractivity contribution is 7.92. The van der Waals surface area contributed by atoms with Crippen LogP contribution in [0, 0.1) is 0 Å². The van der Waals surface area contributed by atoms with Crippen molar-refractivity contribution in [3.05, 3.63) is 29.3 Å². The Bertz CT molecular complexity index is 596. The van der Waals surface area contributed by atoms with E-state index in [1.165, 1.54) is 0 Å². The molecule has 1 atom stereocenters. The zero-order valence-electron chi connectivity index (χ0n) is 11.0. The summed E-state index contributed by atoms with van der Waals surface area (Å²) in [7, 11) is -1.71. The van der Waals surface area contributed by atoms with Gasteiger partial charge in [0.15, 0.2) is 9.84 Å². The molecule has 0 spiro atoms. The van der Waals surface area contributed by atoms with Crippen LogP contribution in [0.25, 0.3) is 0 Å². The van der Waals surface area contributed by atoms with Gasteiger partial charge >= 0.3 is 6.18 Å². The standard InChI is InChI=1S/C13H16F3NO2S/c1-17-6-2-3-11-8-9-7-10(13(14,15)16)4-5-12(9)20(11,18)19/h4-5,7,11,17H,2-3,6,8H2,1H3. The van der Waals surface area contributed by atoms with Gasteiger partial charge in [0.05, 0.1) is 15.7 Å². The molecule has 1 unspecified atom stereocenters. The van der Waals surface area contributed by atoms with Crippen LogP contribution in [-0.2, 0) is 22.4 Å². The number of alkyl halides is 3. The van der Waals surface area contributed by atoms with E-state index in [-0.39, 0.29) is 16.9 Å². The topological polar surface area (TPSA) is 46.2 Å². The molecule has 1 aliphatic heterocycles. The third-order valence-corrected chi connectivity index (χ3v) is 5.82. The molecule has 0 saturated carbocycles. The quantitative estimate of drug-likeness (QED) is 0.869. The number of fused-ring (bicyclic) bond motifs is 1. The summed E-state index contributed by atoms with van der Waals surface area (Å²) in [4.78, 5) is 0.0555. The summed E-state index contributed by atoms with van der Waals surface area (Å²) in [6.07, 6.45) is -3.13. The molecule has 0 aliphatic carbocycles. The highest BCUT2D eigenvalue weighted by Gasteiger charge is 2.39. The van der Waals surface area contributed by atoms with E-state index >= 15 is 0 Å². The molecule has 1 aromatic carbocycles. The lowest BCUT2D eigenvalue weighted by Crippen LogP contribution is -2.19. The minimum Gasteiger partial charge on any atom is -0.320 e. The van der Waals surface area contributed by atoms with Crippen molar-refractivity contribution in [1.82, 2.24) is 5.32 Å². The fraction of sp³-hybridized carbons (Fsp3) is 0.538. The Morgan fingerprint density at radius 1 is 1.35 bits per heavy atom. The lowest BCUT2D eigenvalue weighted by molar-refractivity contribution is -0.137. The van der Waals surface area contributed by atoms with Crippen LogP contribution in [0.1, 0.15) is 24.0 Å². The second-order valence-electron chi connectivity index (χ2n) is 4.94. The Morgan fingerprint density at radius 2 is 2.05 bits per heavy atom. The lowest BCUT2D eigenvalue weighted by atomic mass is 10.0. The van der Waals surface area contributed by atoms with Crippen molar-refractivity contribution in [3.63, 3.8) is 0 Å². The number of hydrogen-bond donors (Lipinski definition) is 1. The van der Waals surface area contributed by atoms with Crippen LogP contribution >= 0.6 is 0 Å². The zero-order valence-corrected chi connectivity index (χ0v) is 11.8. The fourth-order valence-corrected chi connectivity index (χ4v) is 4.49. The molecule has 0 fully saturated rings. The van der Waals surface area contributed by atoms with Gasteiger partial charge in [0, 0.05) is 0 Å². The van der Waals surface area contributed by atoms with Gasteiger partial charge in [-0.15, -0.1) is 0 Å². The van der Waals surface area contributed by atoms with Gasteiger partial charge in [-0.3, -0.25) is 0 Å². The molecule has 2 rings (SSSR count). The minimum absolute atomic E-state index is 0.0555. The molecule has 7 heteroatoms. The molecule has 0 radical (unpaired) electrons. The van der Waals surface area contributed by atoms with E-state index in [1.807, 2.05) is 0 Å². The van der Waals surface area contributed by atoms with E-state index in [4.69, 9.17) is 0 Å². The molecule has 1 N–H and O–H groups in total. The third kappa shape index (κ3) is 2.83. The zero-order chi connectivity index (χ0) is 15.0. The highest BCUT2D eigenvalue weighted by atomic mass is 32.2. The molecule has 20 heavy (non-hydrogen) atoms. The first kappa shape index (κ1) is 15.3. The number of hydrogen-bond acceptors (Lipinski definition) is 3. The molecule has 1 aromatic rings. The van der Waals surface area contributed by atoms with Crippen molar-refractivity contribution in [3.8, 4) is 0 Å². The van der Waals surface area contributed by atoms with Crippen molar-refractivity contribution in [2.75, 3.05) is 13.6 Å². The summed E-state index contributed by atoms with van der Waals surface area (Å²) in [5.74, 6) is 0. The Morgan fingerprint density at radius 3 is 2.65 bits per heavy atom. The van der Waals surface area contributed by atoms with Gasteiger partial charge in [0.25, 0.3) is 0 Å². The average Bonchev–Trinajstić information content (AvgIpc) is 2.60. The summed E-state index contributed by atoms with van der Waals surface area (Å²) in [6.45, 7) is 0.691. The largest absolute Gasteiger partial charge is 0.416 e. The molecule has 0 bridgehead atoms. The monoisotopic (exact) mass is 307 g/mol. The summed E-state index contributed by atoms with van der Waals surface area (Å²) in [6, 6.07) is 2.89. The van der Waals surface area contributed by atoms with Gasteiger partial charge in [-0.25, -0.2) is 8.42 Å². The van der Waals surface area contributed by atoms with E-state index in [0.29, 0.717) is 19.4 Å². The maximum atomic E-state index is 12.6. The van der Waals surface area contributed by atoms with Crippen LogP contribution in [0.3, 0.4) is 0 Å². The number of nitrogens with one attached hydrogen (secondary N) is 1. The first-order valence-electron chi connectivity index (χ1n) is 6.35. The van der Waals surface area contributed by atoms with Crippen LogP contribution < -0.4 is 5.32 Å². The van der Waals surface area contributed by atoms with Crippen LogP contribution in [0.5, 0.6) is 0 Å². The highest BCUT2D eigenvalue weighted by Crippen LogP contribution is 2.37. The predicted octanol–water partition coefficient (Wildman–Crippen LogP) is 2.40. The van der Waals surface area contributed by atoms with Crippen LogP contribution in [0.4, 0.5) is 13.2 Å². The van der Waals surface area contributed by atoms with Crippen molar-refractivity contribution in [2.45, 2.75) is 35.6 Å². The second kappa shape index (κ2) is 5.37. The summed E-state index contributed by atoms with van der Waals surface area (Å²) in [5.41, 5.74) is -0.503. The first-order chi connectivity index (χ1) is 9.26. The van der Waals surface area contributed by atoms with E-state index in [2.05, 4.69) is 5.32 Å². The fourth-order valence-electron chi connectivity index (χ4n) is 2.49. The number of benzene rings is 1. The van der Waals surface area contributed by atoms with Crippen molar-refractivity contribution >= 4 is 9.84 Å². The first-order valence-corrected chi connectivity index (χ1v) is 7.90. The van der Waals surface area contributed by atoms with E-state index in [1.54, 1.807) is 7.05 Å². The molecule has 3 nitrogen and oxygen atoms in total. The lowest BCUT2D eigenvalue weighted by Gasteiger charge is -2.08. The van der Waals surface area contributed by atoms with Crippen LogP contribution in [0.15, 0.2) is 23.1 Å². The average molecular weight is 307 g/mol. The van der Waals surface area contributed by atoms with Crippen molar-refractivity contribution < 1.29 is 21.6 Å². The molecule has 0 amide bonds. The minimum atomic E-state index is -4.44. The van der Waals surface area contributed by atoms with Crippen molar-refractivity contribution in [2.24, 2.45) is 0 Å². The van der Waals surface area contributed by atoms with Gasteiger partial charge in [0.1, 0.15) is 0 Å². The van der Waals surface area contributed by atoms with E-state index < -0.39 is 26.8 Å². The van der Waals surface area contributed by atoms with Crippen LogP contribution in [0.2, 0.25) is 0 Å². The molecule has 0 aromatic heterocycles. The molecule has 1 heterocycles. The summed E-state index contributed by atoms with van der Waals surface area (Å²) < 4.78 is 62.4. The SMILES string of the molecule is CNCCCC1Cc2cc(C(F)(F)F)ccc2S1(=O)=O. The number of sulfone groups is 1. The second-order valence-corrected chi connectivity index (χ2v) is 7.13. The number of rotatable bonds is 4. The molecule has 112 valence electrons. The Hall–Kier alpha value is -1.08. The Kier molecular flexibility index (Phi) is 4.11. The maximum absolute atomic E-state index is 12.6. The van der Waals surface area contributed by atoms with Gasteiger partial charge in [0.2, 0.25) is 0 Å². The summed E-state index contributed by atoms with van der Waals surface area (Å²) in [5, 5.41) is 2.32. The Balaban J connectivity index is 2.27. The maximum Gasteiger partial charge on any atom is 0.416 e. The van der Waals surface area contributed by atoms with Crippen molar-refractivity contribution in [1.29, 1.82) is 0 Å². The number of halogens is 3. The molecular weight excluding hydrogens is 291 g/mol. The van der Waals surface area contributed by atoms with E-state index in [0.717, 1.165) is 18.2 Å². The normalized spacial score (nSPS) is 20.9. The van der Waals surface area contributed by atoms with Gasteiger partial charge in [-0.1, -0.05) is 0 Å². The molecule has 0 saturated heterocycles. The molecular formula is C13H16F3NO2S. The third-order valence-electron chi connectivity index (χ3n) is 3.53. The smallest absolute Gasteiger partial charge is 0.320 e. The van der Waals surface area contributed by atoms with Gasteiger partial charge < -0.3 is 5.32 Å². The summed E-state index contributed by atoms with van der Waals surface area (Å²) >= 11 is 0. The van der Waals surface area contributed by atoms with Crippen LogP contribution in [-0.4, -0.2) is 27.3 Å². The Labute approximate surface area is 116 Å². The molecule has 1 aliphatic rings. The van der Waals surface area contributed by atoms with E-state index in [9.17, 15) is 21.6 Å². The van der Waals surface area contributed by atoms with Gasteiger partial charge in [-0.05, 0) is 56.6 Å².